The van der Waals surface area contributed by atoms with Crippen LogP contribution in [0.1, 0.15) is 36.0 Å². The van der Waals surface area contributed by atoms with Crippen molar-refractivity contribution in [2.75, 3.05) is 11.9 Å². The number of nitrogens with zero attached hydrogens (tertiary/aromatic N) is 1. The van der Waals surface area contributed by atoms with E-state index < -0.39 is 5.72 Å². The lowest BCUT2D eigenvalue weighted by Crippen LogP contribution is -2.56. The second-order valence-electron chi connectivity index (χ2n) is 7.40. The Labute approximate surface area is 146 Å². The van der Waals surface area contributed by atoms with Gasteiger partial charge in [0, 0.05) is 30.5 Å². The molecular weight excluding hydrogens is 312 g/mol. The number of nitrogens with one attached hydrogen (secondary N) is 1. The smallest absolute Gasteiger partial charge is 0.256 e. The van der Waals surface area contributed by atoms with Crippen molar-refractivity contribution < 1.29 is 4.74 Å². The molecule has 0 spiro atoms. The van der Waals surface area contributed by atoms with E-state index in [4.69, 9.17) is 4.74 Å². The molecule has 2 aliphatic heterocycles. The van der Waals surface area contributed by atoms with E-state index in [9.17, 15) is 4.79 Å². The van der Waals surface area contributed by atoms with Crippen molar-refractivity contribution in [2.45, 2.75) is 31.9 Å². The number of H-pyrrole nitrogens is 1. The molecule has 0 aliphatic carbocycles. The number of benzene rings is 2. The van der Waals surface area contributed by atoms with Gasteiger partial charge in [0.05, 0.1) is 11.1 Å². The van der Waals surface area contributed by atoms with Crippen molar-refractivity contribution in [3.63, 3.8) is 0 Å². The van der Waals surface area contributed by atoms with Gasteiger partial charge >= 0.3 is 0 Å². The highest BCUT2D eigenvalue weighted by molar-refractivity contribution is 5.87. The molecule has 126 valence electrons. The fourth-order valence-electron chi connectivity index (χ4n) is 4.38. The second-order valence-corrected chi connectivity index (χ2v) is 7.40. The summed E-state index contributed by atoms with van der Waals surface area (Å²) in [6, 6.07) is 14.3. The van der Waals surface area contributed by atoms with Crippen LogP contribution in [0.15, 0.2) is 47.3 Å². The molecule has 0 saturated heterocycles. The highest BCUT2D eigenvalue weighted by atomic mass is 16.5. The Morgan fingerprint density at radius 2 is 2.04 bits per heavy atom. The Bertz CT molecular complexity index is 1080. The zero-order valence-corrected chi connectivity index (χ0v) is 14.6. The lowest BCUT2D eigenvalue weighted by atomic mass is 9.77. The molecule has 25 heavy (non-hydrogen) atoms. The minimum Gasteiger partial charge on any atom is -0.467 e. The molecule has 0 radical (unpaired) electrons. The molecule has 2 atom stereocenters. The van der Waals surface area contributed by atoms with Crippen molar-refractivity contribution in [2.24, 2.45) is 0 Å². The van der Waals surface area contributed by atoms with Gasteiger partial charge in [0.2, 0.25) is 0 Å². The van der Waals surface area contributed by atoms with Crippen LogP contribution in [0.4, 0.5) is 5.69 Å². The molecule has 2 aromatic carbocycles. The summed E-state index contributed by atoms with van der Waals surface area (Å²) in [4.78, 5) is 18.2. The third-order valence-electron chi connectivity index (χ3n) is 5.79. The zero-order chi connectivity index (χ0) is 17.3. The largest absolute Gasteiger partial charge is 0.467 e. The van der Waals surface area contributed by atoms with E-state index in [1.165, 1.54) is 11.1 Å². The Morgan fingerprint density at radius 3 is 2.88 bits per heavy atom. The van der Waals surface area contributed by atoms with Crippen LogP contribution in [0.5, 0.6) is 5.75 Å². The number of aromatic amines is 1. The van der Waals surface area contributed by atoms with E-state index in [1.54, 1.807) is 0 Å². The molecule has 2 bridgehead atoms. The van der Waals surface area contributed by atoms with Crippen molar-refractivity contribution in [1.29, 1.82) is 0 Å². The first-order valence-corrected chi connectivity index (χ1v) is 8.66. The fraction of sp³-hybridized carbons (Fsp3) is 0.286. The van der Waals surface area contributed by atoms with Crippen LogP contribution < -0.4 is 15.2 Å². The van der Waals surface area contributed by atoms with Crippen LogP contribution in [-0.4, -0.2) is 17.8 Å². The number of pyridine rings is 1. The summed E-state index contributed by atoms with van der Waals surface area (Å²) in [7, 11) is 2.07. The first-order valence-electron chi connectivity index (χ1n) is 8.66. The summed E-state index contributed by atoms with van der Waals surface area (Å²) in [6.45, 7) is 4.21. The lowest BCUT2D eigenvalue weighted by molar-refractivity contribution is 0.0542. The molecule has 1 N–H and O–H groups in total. The normalized spacial score (nSPS) is 23.8. The predicted molar refractivity (Wildman–Crippen MR) is 99.6 cm³/mol. The minimum absolute atomic E-state index is 0.0437. The molecule has 0 saturated carbocycles. The number of fused-ring (bicyclic) bond motifs is 8. The highest BCUT2D eigenvalue weighted by Gasteiger charge is 2.48. The van der Waals surface area contributed by atoms with E-state index in [-0.39, 0.29) is 11.5 Å². The van der Waals surface area contributed by atoms with Crippen molar-refractivity contribution >= 4 is 16.6 Å². The molecule has 2 aliphatic rings. The monoisotopic (exact) mass is 332 g/mol. The van der Waals surface area contributed by atoms with E-state index in [0.29, 0.717) is 0 Å². The third-order valence-corrected chi connectivity index (χ3v) is 5.79. The average molecular weight is 332 g/mol. The molecule has 4 nitrogen and oxygen atoms in total. The van der Waals surface area contributed by atoms with Crippen molar-refractivity contribution in [3.05, 3.63) is 69.5 Å². The fourth-order valence-corrected chi connectivity index (χ4v) is 4.38. The molecular formula is C21H20N2O2. The molecule has 0 fully saturated rings. The molecule has 2 unspecified atom stereocenters. The number of para-hydroxylation sites is 1. The average Bonchev–Trinajstić information content (AvgIpc) is 2.59. The van der Waals surface area contributed by atoms with Gasteiger partial charge in [0.25, 0.3) is 5.56 Å². The summed E-state index contributed by atoms with van der Waals surface area (Å²) in [5.41, 5.74) is 4.64. The lowest BCUT2D eigenvalue weighted by Gasteiger charge is -2.51. The van der Waals surface area contributed by atoms with Gasteiger partial charge in [-0.25, -0.2) is 0 Å². The van der Waals surface area contributed by atoms with Crippen LogP contribution >= 0.6 is 0 Å². The summed E-state index contributed by atoms with van der Waals surface area (Å²) >= 11 is 0. The third kappa shape index (κ3) is 1.85. The van der Waals surface area contributed by atoms with Gasteiger partial charge in [-0.2, -0.15) is 0 Å². The van der Waals surface area contributed by atoms with Gasteiger partial charge in [0.1, 0.15) is 5.75 Å². The maximum atomic E-state index is 12.9. The van der Waals surface area contributed by atoms with Gasteiger partial charge in [0.15, 0.2) is 5.72 Å². The standard InChI is InChI=1S/C21H20N2O2/c1-12-8-9-17-14(10-12)15-11-21(2,23(17)3)25-19-13-6-4-5-7-16(13)22-20(24)18(15)19/h4-10,15H,11H2,1-3H3,(H,22,24). The second kappa shape index (κ2) is 4.66. The van der Waals surface area contributed by atoms with E-state index in [2.05, 4.69) is 49.0 Å². The maximum absolute atomic E-state index is 12.9. The Hall–Kier alpha value is -2.75. The van der Waals surface area contributed by atoms with Crippen LogP contribution in [0, 0.1) is 6.92 Å². The molecule has 0 amide bonds. The first-order chi connectivity index (χ1) is 12.0. The quantitative estimate of drug-likeness (QED) is 0.679. The summed E-state index contributed by atoms with van der Waals surface area (Å²) in [6.07, 6.45) is 0.772. The topological polar surface area (TPSA) is 45.3 Å². The summed E-state index contributed by atoms with van der Waals surface area (Å²) in [5.74, 6) is 0.783. The Balaban J connectivity index is 1.89. The molecule has 3 heterocycles. The number of anilines is 1. The Kier molecular flexibility index (Phi) is 2.72. The van der Waals surface area contributed by atoms with E-state index in [1.807, 2.05) is 24.3 Å². The van der Waals surface area contributed by atoms with E-state index in [0.717, 1.165) is 34.3 Å². The molecule has 5 rings (SSSR count). The van der Waals surface area contributed by atoms with Gasteiger partial charge in [-0.15, -0.1) is 0 Å². The SMILES string of the molecule is Cc1ccc2c(c1)C1CC(C)(Oc3c1c(=O)[nH]c1ccccc31)N2C. The zero-order valence-electron chi connectivity index (χ0n) is 14.6. The maximum Gasteiger partial charge on any atom is 0.256 e. The number of hydrogen-bond acceptors (Lipinski definition) is 3. The van der Waals surface area contributed by atoms with Gasteiger partial charge in [-0.3, -0.25) is 4.79 Å². The van der Waals surface area contributed by atoms with Gasteiger partial charge in [-0.05, 0) is 37.6 Å². The molecule has 3 aromatic rings. The van der Waals surface area contributed by atoms with Crippen molar-refractivity contribution in [1.82, 2.24) is 4.98 Å². The van der Waals surface area contributed by atoms with Crippen LogP contribution in [-0.2, 0) is 0 Å². The van der Waals surface area contributed by atoms with Crippen LogP contribution in [0.25, 0.3) is 10.9 Å². The van der Waals surface area contributed by atoms with Crippen LogP contribution in [0.3, 0.4) is 0 Å². The molecule has 1 aromatic heterocycles. The Morgan fingerprint density at radius 1 is 1.24 bits per heavy atom. The molecule has 4 heteroatoms. The van der Waals surface area contributed by atoms with Gasteiger partial charge in [-0.1, -0.05) is 29.8 Å². The first kappa shape index (κ1) is 14.6. The minimum atomic E-state index is -0.462. The highest BCUT2D eigenvalue weighted by Crippen LogP contribution is 2.52. The number of aromatic nitrogens is 1. The summed E-state index contributed by atoms with van der Waals surface area (Å²) < 4.78 is 6.49. The number of ether oxygens (including phenoxy) is 1. The van der Waals surface area contributed by atoms with Gasteiger partial charge < -0.3 is 14.6 Å². The van der Waals surface area contributed by atoms with Crippen molar-refractivity contribution in [3.8, 4) is 5.75 Å². The summed E-state index contributed by atoms with van der Waals surface area (Å²) in [5, 5.41) is 0.970. The number of rotatable bonds is 0. The van der Waals surface area contributed by atoms with E-state index >= 15 is 0 Å². The predicted octanol–water partition coefficient (Wildman–Crippen LogP) is 3.92. The number of hydrogen-bond donors (Lipinski definition) is 1. The van der Waals surface area contributed by atoms with Crippen LogP contribution in [0.2, 0.25) is 0 Å². The number of aryl methyl sites for hydroxylation is 1.